The minimum Gasteiger partial charge on any atom is -0.439 e. The third-order valence-electron chi connectivity index (χ3n) is 3.57. The molecule has 0 radical (unpaired) electrons. The molecule has 134 valence electrons. The molecule has 0 unspecified atom stereocenters. The zero-order valence-corrected chi connectivity index (χ0v) is 13.7. The molecular weight excluding hydrogens is 343 g/mol. The van der Waals surface area contributed by atoms with Gasteiger partial charge in [-0.2, -0.15) is 13.2 Å². The van der Waals surface area contributed by atoms with E-state index in [1.807, 2.05) is 18.2 Å². The highest BCUT2D eigenvalue weighted by molar-refractivity contribution is 5.35. The Labute approximate surface area is 148 Å². The van der Waals surface area contributed by atoms with Gasteiger partial charge < -0.3 is 10.1 Å². The van der Waals surface area contributed by atoms with E-state index in [1.165, 1.54) is 18.3 Å². The SMILES string of the molecule is FC(F)(F)c1cccc(Oc2ncccc2CNCc2ccccn2)c1. The number of hydrogen-bond donors (Lipinski definition) is 1. The topological polar surface area (TPSA) is 47.0 Å². The molecule has 0 fully saturated rings. The number of halogens is 3. The van der Waals surface area contributed by atoms with E-state index in [1.54, 1.807) is 18.3 Å². The Hall–Kier alpha value is -2.93. The Morgan fingerprint density at radius 2 is 1.73 bits per heavy atom. The summed E-state index contributed by atoms with van der Waals surface area (Å²) in [6, 6.07) is 13.9. The molecule has 2 aromatic heterocycles. The van der Waals surface area contributed by atoms with E-state index in [-0.39, 0.29) is 11.6 Å². The molecule has 0 atom stereocenters. The lowest BCUT2D eigenvalue weighted by Crippen LogP contribution is -2.14. The summed E-state index contributed by atoms with van der Waals surface area (Å²) in [5, 5.41) is 3.22. The number of ether oxygens (including phenoxy) is 1. The summed E-state index contributed by atoms with van der Waals surface area (Å²) in [4.78, 5) is 8.35. The molecular formula is C19H16F3N3O. The van der Waals surface area contributed by atoms with E-state index in [0.717, 1.165) is 23.4 Å². The van der Waals surface area contributed by atoms with Crippen molar-refractivity contribution in [1.29, 1.82) is 0 Å². The maximum atomic E-state index is 12.8. The molecule has 0 saturated carbocycles. The molecule has 0 spiro atoms. The van der Waals surface area contributed by atoms with Crippen LogP contribution in [0.25, 0.3) is 0 Å². The molecule has 4 nitrogen and oxygen atoms in total. The highest BCUT2D eigenvalue weighted by Crippen LogP contribution is 2.32. The molecule has 0 aliphatic heterocycles. The van der Waals surface area contributed by atoms with Gasteiger partial charge in [0, 0.05) is 31.0 Å². The van der Waals surface area contributed by atoms with Crippen LogP contribution < -0.4 is 10.1 Å². The lowest BCUT2D eigenvalue weighted by molar-refractivity contribution is -0.137. The molecule has 2 heterocycles. The number of nitrogens with one attached hydrogen (secondary N) is 1. The van der Waals surface area contributed by atoms with E-state index < -0.39 is 11.7 Å². The van der Waals surface area contributed by atoms with Gasteiger partial charge in [0.15, 0.2) is 0 Å². The second-order valence-corrected chi connectivity index (χ2v) is 5.52. The van der Waals surface area contributed by atoms with Crippen molar-refractivity contribution in [2.24, 2.45) is 0 Å². The summed E-state index contributed by atoms with van der Waals surface area (Å²) < 4.78 is 44.1. The Kier molecular flexibility index (Phi) is 5.48. The first kappa shape index (κ1) is 17.9. The molecule has 0 bridgehead atoms. The Bertz CT molecular complexity index is 854. The fraction of sp³-hybridized carbons (Fsp3) is 0.158. The average Bonchev–Trinajstić information content (AvgIpc) is 2.64. The Morgan fingerprint density at radius 1 is 0.885 bits per heavy atom. The van der Waals surface area contributed by atoms with Gasteiger partial charge >= 0.3 is 6.18 Å². The van der Waals surface area contributed by atoms with Crippen LogP contribution >= 0.6 is 0 Å². The Morgan fingerprint density at radius 3 is 2.50 bits per heavy atom. The second kappa shape index (κ2) is 7.97. The number of rotatable bonds is 6. The first-order valence-electron chi connectivity index (χ1n) is 7.92. The quantitative estimate of drug-likeness (QED) is 0.700. The predicted molar refractivity (Wildman–Crippen MR) is 90.5 cm³/mol. The fourth-order valence-corrected chi connectivity index (χ4v) is 2.33. The number of pyridine rings is 2. The molecule has 3 rings (SSSR count). The van der Waals surface area contributed by atoms with Crippen molar-refractivity contribution in [3.63, 3.8) is 0 Å². The number of hydrogen-bond acceptors (Lipinski definition) is 4. The molecule has 0 saturated heterocycles. The van der Waals surface area contributed by atoms with Gasteiger partial charge in [-0.15, -0.1) is 0 Å². The van der Waals surface area contributed by atoms with E-state index in [2.05, 4.69) is 15.3 Å². The van der Waals surface area contributed by atoms with Gasteiger partial charge in [-0.25, -0.2) is 4.98 Å². The fourth-order valence-electron chi connectivity index (χ4n) is 2.33. The molecule has 0 aliphatic carbocycles. The van der Waals surface area contributed by atoms with Crippen LogP contribution in [0.3, 0.4) is 0 Å². The van der Waals surface area contributed by atoms with Crippen molar-refractivity contribution < 1.29 is 17.9 Å². The summed E-state index contributed by atoms with van der Waals surface area (Å²) in [5.41, 5.74) is 0.860. The summed E-state index contributed by atoms with van der Waals surface area (Å²) in [5.74, 6) is 0.352. The third kappa shape index (κ3) is 4.80. The number of alkyl halides is 3. The van der Waals surface area contributed by atoms with Crippen LogP contribution in [0.5, 0.6) is 11.6 Å². The minimum absolute atomic E-state index is 0.0875. The van der Waals surface area contributed by atoms with Gasteiger partial charge in [-0.3, -0.25) is 4.98 Å². The van der Waals surface area contributed by atoms with Crippen LogP contribution in [-0.2, 0) is 19.3 Å². The zero-order chi connectivity index (χ0) is 18.4. The zero-order valence-electron chi connectivity index (χ0n) is 13.7. The lowest BCUT2D eigenvalue weighted by atomic mass is 10.2. The molecule has 0 aliphatic rings. The first-order chi connectivity index (χ1) is 12.5. The summed E-state index contributed by atoms with van der Waals surface area (Å²) in [6.07, 6.45) is -1.18. The van der Waals surface area contributed by atoms with Gasteiger partial charge in [0.05, 0.1) is 11.3 Å². The van der Waals surface area contributed by atoms with Crippen LogP contribution in [0.2, 0.25) is 0 Å². The standard InChI is InChI=1S/C19H16F3N3O/c20-19(21,22)15-6-3-8-17(11-15)26-18-14(5-4-10-25-18)12-23-13-16-7-1-2-9-24-16/h1-11,23H,12-13H2. The number of aromatic nitrogens is 2. The van der Waals surface area contributed by atoms with E-state index in [9.17, 15) is 13.2 Å². The Balaban J connectivity index is 1.69. The smallest absolute Gasteiger partial charge is 0.416 e. The first-order valence-corrected chi connectivity index (χ1v) is 7.92. The number of benzene rings is 1. The van der Waals surface area contributed by atoms with Crippen molar-refractivity contribution in [2.75, 3.05) is 0 Å². The second-order valence-electron chi connectivity index (χ2n) is 5.52. The summed E-state index contributed by atoms with van der Waals surface area (Å²) in [6.45, 7) is 0.997. The molecule has 3 aromatic rings. The molecule has 26 heavy (non-hydrogen) atoms. The van der Waals surface area contributed by atoms with Gasteiger partial charge in [0.1, 0.15) is 5.75 Å². The van der Waals surface area contributed by atoms with Crippen molar-refractivity contribution in [2.45, 2.75) is 19.3 Å². The van der Waals surface area contributed by atoms with Crippen LogP contribution in [0.1, 0.15) is 16.8 Å². The van der Waals surface area contributed by atoms with Crippen LogP contribution in [-0.4, -0.2) is 9.97 Å². The maximum Gasteiger partial charge on any atom is 0.416 e. The highest BCUT2D eigenvalue weighted by atomic mass is 19.4. The normalized spacial score (nSPS) is 11.3. The van der Waals surface area contributed by atoms with Crippen molar-refractivity contribution in [1.82, 2.24) is 15.3 Å². The van der Waals surface area contributed by atoms with E-state index in [0.29, 0.717) is 13.1 Å². The van der Waals surface area contributed by atoms with Crippen LogP contribution in [0.15, 0.2) is 67.0 Å². The highest BCUT2D eigenvalue weighted by Gasteiger charge is 2.30. The maximum absolute atomic E-state index is 12.8. The third-order valence-corrected chi connectivity index (χ3v) is 3.57. The lowest BCUT2D eigenvalue weighted by Gasteiger charge is -2.12. The van der Waals surface area contributed by atoms with Crippen molar-refractivity contribution in [3.05, 3.63) is 83.8 Å². The van der Waals surface area contributed by atoms with E-state index in [4.69, 9.17) is 4.74 Å². The summed E-state index contributed by atoms with van der Waals surface area (Å²) >= 11 is 0. The molecule has 1 N–H and O–H groups in total. The largest absolute Gasteiger partial charge is 0.439 e. The predicted octanol–water partition coefficient (Wildman–Crippen LogP) is 4.58. The molecule has 0 amide bonds. The van der Waals surface area contributed by atoms with Crippen molar-refractivity contribution >= 4 is 0 Å². The van der Waals surface area contributed by atoms with Gasteiger partial charge in [-0.05, 0) is 36.4 Å². The van der Waals surface area contributed by atoms with Gasteiger partial charge in [-0.1, -0.05) is 18.2 Å². The van der Waals surface area contributed by atoms with Gasteiger partial charge in [0.25, 0.3) is 0 Å². The van der Waals surface area contributed by atoms with Crippen molar-refractivity contribution in [3.8, 4) is 11.6 Å². The monoisotopic (exact) mass is 359 g/mol. The average molecular weight is 359 g/mol. The molecule has 7 heteroatoms. The summed E-state index contributed by atoms with van der Waals surface area (Å²) in [7, 11) is 0. The minimum atomic E-state index is -4.42. The van der Waals surface area contributed by atoms with Crippen LogP contribution in [0, 0.1) is 0 Å². The van der Waals surface area contributed by atoms with E-state index >= 15 is 0 Å². The van der Waals surface area contributed by atoms with Gasteiger partial charge in [0.2, 0.25) is 5.88 Å². The number of nitrogens with zero attached hydrogens (tertiary/aromatic N) is 2. The molecule has 1 aromatic carbocycles. The van der Waals surface area contributed by atoms with Crippen LogP contribution in [0.4, 0.5) is 13.2 Å².